The molecule has 0 radical (unpaired) electrons. The van der Waals surface area contributed by atoms with Crippen LogP contribution in [-0.4, -0.2) is 17.5 Å². The topological polar surface area (TPSA) is 51.2 Å². The van der Waals surface area contributed by atoms with Crippen LogP contribution in [0.5, 0.6) is 5.75 Å². The van der Waals surface area contributed by atoms with Crippen molar-refractivity contribution in [3.05, 3.63) is 53.9 Å². The fraction of sp³-hybridized carbons (Fsp3) is 0.294. The van der Waals surface area contributed by atoms with Gasteiger partial charge in [0.2, 0.25) is 0 Å². The third-order valence-corrected chi connectivity index (χ3v) is 3.20. The molecular weight excluding hydrogens is 264 g/mol. The van der Waals surface area contributed by atoms with Crippen LogP contribution in [0.3, 0.4) is 0 Å². The molecule has 0 aliphatic heterocycles. The maximum Gasteiger partial charge on any atom is 0.262 e. The molecule has 0 bridgehead atoms. The maximum atomic E-state index is 11.9. The molecule has 1 N–H and O–H groups in total. The number of aryl methyl sites for hydroxylation is 1. The smallest absolute Gasteiger partial charge is 0.262 e. The summed E-state index contributed by atoms with van der Waals surface area (Å²) in [7, 11) is 0. The van der Waals surface area contributed by atoms with E-state index in [0.29, 0.717) is 11.6 Å². The van der Waals surface area contributed by atoms with E-state index < -0.39 is 0 Å². The van der Waals surface area contributed by atoms with Gasteiger partial charge >= 0.3 is 0 Å². The normalized spacial score (nSPS) is 10.5. The molecule has 110 valence electrons. The van der Waals surface area contributed by atoms with Crippen LogP contribution in [0, 0.1) is 6.92 Å². The predicted molar refractivity (Wildman–Crippen MR) is 83.6 cm³/mol. The van der Waals surface area contributed by atoms with Crippen LogP contribution in [-0.2, 0) is 4.79 Å². The van der Waals surface area contributed by atoms with Crippen LogP contribution in [0.4, 0.5) is 5.69 Å². The Labute approximate surface area is 125 Å². The summed E-state index contributed by atoms with van der Waals surface area (Å²) in [4.78, 5) is 15.8. The van der Waals surface area contributed by atoms with Gasteiger partial charge in [-0.25, -0.2) is 0 Å². The molecule has 4 heteroatoms. The highest BCUT2D eigenvalue weighted by Gasteiger charge is 2.08. The molecule has 1 aromatic heterocycles. The van der Waals surface area contributed by atoms with Crippen molar-refractivity contribution in [1.82, 2.24) is 4.98 Å². The van der Waals surface area contributed by atoms with Crippen molar-refractivity contribution in [1.29, 1.82) is 0 Å². The van der Waals surface area contributed by atoms with Crippen molar-refractivity contribution in [3.63, 3.8) is 0 Å². The number of anilines is 1. The highest BCUT2D eigenvalue weighted by atomic mass is 16.5. The van der Waals surface area contributed by atoms with Gasteiger partial charge in [0.15, 0.2) is 6.61 Å². The van der Waals surface area contributed by atoms with Gasteiger partial charge in [0, 0.05) is 18.1 Å². The third-order valence-electron chi connectivity index (χ3n) is 3.20. The van der Waals surface area contributed by atoms with E-state index in [4.69, 9.17) is 4.74 Å². The molecule has 0 unspecified atom stereocenters. The first-order valence-corrected chi connectivity index (χ1v) is 6.99. The summed E-state index contributed by atoms with van der Waals surface area (Å²) in [5.74, 6) is 1.00. The van der Waals surface area contributed by atoms with Gasteiger partial charge in [-0.15, -0.1) is 0 Å². The number of ether oxygens (including phenoxy) is 1. The van der Waals surface area contributed by atoms with E-state index >= 15 is 0 Å². The Bertz CT molecular complexity index is 609. The van der Waals surface area contributed by atoms with E-state index in [-0.39, 0.29) is 12.5 Å². The Morgan fingerprint density at radius 2 is 1.95 bits per heavy atom. The molecule has 0 aliphatic carbocycles. The van der Waals surface area contributed by atoms with E-state index in [1.165, 1.54) is 5.56 Å². The number of aromatic nitrogens is 1. The molecule has 4 nitrogen and oxygen atoms in total. The lowest BCUT2D eigenvalue weighted by Gasteiger charge is -2.12. The van der Waals surface area contributed by atoms with Crippen LogP contribution in [0.1, 0.15) is 30.9 Å². The summed E-state index contributed by atoms with van der Waals surface area (Å²) in [6, 6.07) is 9.58. The molecule has 0 fully saturated rings. The summed E-state index contributed by atoms with van der Waals surface area (Å²) in [6.45, 7) is 6.22. The van der Waals surface area contributed by atoms with Crippen molar-refractivity contribution in [2.75, 3.05) is 11.9 Å². The number of carbonyl (C=O) groups is 1. The fourth-order valence-corrected chi connectivity index (χ4v) is 1.91. The van der Waals surface area contributed by atoms with Crippen molar-refractivity contribution < 1.29 is 9.53 Å². The Balaban J connectivity index is 1.96. The Hall–Kier alpha value is -2.36. The number of rotatable bonds is 5. The third kappa shape index (κ3) is 4.31. The molecule has 0 spiro atoms. The first-order valence-electron chi connectivity index (χ1n) is 6.99. The van der Waals surface area contributed by atoms with E-state index in [1.54, 1.807) is 24.5 Å². The minimum Gasteiger partial charge on any atom is -0.483 e. The number of carbonyl (C=O) groups excluding carboxylic acids is 1. The maximum absolute atomic E-state index is 11.9. The van der Waals surface area contributed by atoms with Crippen molar-refractivity contribution in [3.8, 4) is 5.75 Å². The van der Waals surface area contributed by atoms with E-state index in [2.05, 4.69) is 30.2 Å². The molecular formula is C17H20N2O2. The van der Waals surface area contributed by atoms with Gasteiger partial charge in [0.25, 0.3) is 5.91 Å². The molecule has 1 aromatic carbocycles. The summed E-state index contributed by atoms with van der Waals surface area (Å²) in [6.07, 6.45) is 3.26. The highest BCUT2D eigenvalue weighted by Crippen LogP contribution is 2.24. The quantitative estimate of drug-likeness (QED) is 0.913. The second-order valence-corrected chi connectivity index (χ2v) is 5.25. The van der Waals surface area contributed by atoms with Gasteiger partial charge < -0.3 is 10.1 Å². The first-order chi connectivity index (χ1) is 10.1. The second kappa shape index (κ2) is 6.88. The number of benzene rings is 1. The molecule has 0 atom stereocenters. The molecule has 0 aliphatic rings. The molecule has 2 rings (SSSR count). The second-order valence-electron chi connectivity index (χ2n) is 5.25. The zero-order chi connectivity index (χ0) is 15.2. The van der Waals surface area contributed by atoms with Gasteiger partial charge in [0.1, 0.15) is 5.75 Å². The molecule has 1 heterocycles. The van der Waals surface area contributed by atoms with Crippen LogP contribution in [0.25, 0.3) is 0 Å². The van der Waals surface area contributed by atoms with Crippen molar-refractivity contribution in [2.24, 2.45) is 0 Å². The largest absolute Gasteiger partial charge is 0.483 e. The lowest BCUT2D eigenvalue weighted by molar-refractivity contribution is -0.118. The lowest BCUT2D eigenvalue weighted by atomic mass is 10.0. The zero-order valence-corrected chi connectivity index (χ0v) is 12.6. The van der Waals surface area contributed by atoms with Gasteiger partial charge in [-0.3, -0.25) is 9.78 Å². The molecule has 21 heavy (non-hydrogen) atoms. The summed E-state index contributed by atoms with van der Waals surface area (Å²) in [5, 5.41) is 2.77. The van der Waals surface area contributed by atoms with E-state index in [9.17, 15) is 4.79 Å². The molecule has 1 amide bonds. The van der Waals surface area contributed by atoms with Crippen molar-refractivity contribution in [2.45, 2.75) is 26.7 Å². The molecule has 0 saturated carbocycles. The number of hydrogen-bond donors (Lipinski definition) is 1. The van der Waals surface area contributed by atoms with Crippen molar-refractivity contribution >= 4 is 11.6 Å². The predicted octanol–water partition coefficient (Wildman–Crippen LogP) is 3.53. The summed E-state index contributed by atoms with van der Waals surface area (Å²) in [5.41, 5.74) is 2.94. The van der Waals surface area contributed by atoms with Crippen LogP contribution >= 0.6 is 0 Å². The Morgan fingerprint density at radius 3 is 2.62 bits per heavy atom. The number of amides is 1. The number of nitrogens with zero attached hydrogens (tertiary/aromatic N) is 1. The zero-order valence-electron chi connectivity index (χ0n) is 12.6. The van der Waals surface area contributed by atoms with Crippen LogP contribution in [0.2, 0.25) is 0 Å². The number of pyridine rings is 1. The van der Waals surface area contributed by atoms with Gasteiger partial charge in [-0.05, 0) is 42.2 Å². The highest BCUT2D eigenvalue weighted by molar-refractivity contribution is 5.91. The fourth-order valence-electron chi connectivity index (χ4n) is 1.91. The van der Waals surface area contributed by atoms with Crippen LogP contribution in [0.15, 0.2) is 42.7 Å². The average molecular weight is 284 g/mol. The minimum absolute atomic E-state index is 0.00921. The number of nitrogens with one attached hydrogen (secondary N) is 1. The van der Waals surface area contributed by atoms with E-state index in [0.717, 1.165) is 11.3 Å². The number of hydrogen-bond acceptors (Lipinski definition) is 3. The average Bonchev–Trinajstić information content (AvgIpc) is 2.47. The Morgan fingerprint density at radius 1 is 1.24 bits per heavy atom. The summed E-state index contributed by atoms with van der Waals surface area (Å²) < 4.78 is 5.63. The monoisotopic (exact) mass is 284 g/mol. The standard InChI is InChI=1S/C17H20N2O2/c1-12(2)14-5-4-13(3)16(10-14)21-11-17(20)19-15-6-8-18-9-7-15/h4-10,12H,11H2,1-3H3,(H,18,19,20). The minimum atomic E-state index is -0.185. The van der Waals surface area contributed by atoms with Gasteiger partial charge in [0.05, 0.1) is 0 Å². The molecule has 2 aromatic rings. The first kappa shape index (κ1) is 15.0. The SMILES string of the molecule is Cc1ccc(C(C)C)cc1OCC(=O)Nc1ccncc1. The van der Waals surface area contributed by atoms with Gasteiger partial charge in [-0.1, -0.05) is 26.0 Å². The van der Waals surface area contributed by atoms with E-state index in [1.807, 2.05) is 19.1 Å². The van der Waals surface area contributed by atoms with Crippen LogP contribution < -0.4 is 10.1 Å². The van der Waals surface area contributed by atoms with Gasteiger partial charge in [-0.2, -0.15) is 0 Å². The Kier molecular flexibility index (Phi) is 4.93. The molecule has 0 saturated heterocycles. The summed E-state index contributed by atoms with van der Waals surface area (Å²) >= 11 is 0. The lowest BCUT2D eigenvalue weighted by Crippen LogP contribution is -2.20.